The summed E-state index contributed by atoms with van der Waals surface area (Å²) in [5, 5.41) is 18.2. The molecule has 8 nitrogen and oxygen atoms in total. The van der Waals surface area contributed by atoms with Crippen molar-refractivity contribution in [2.75, 3.05) is 23.9 Å². The average molecular weight is 608 g/mol. The van der Waals surface area contributed by atoms with Crippen molar-refractivity contribution in [2.24, 2.45) is 0 Å². The van der Waals surface area contributed by atoms with Crippen LogP contribution < -0.4 is 10.6 Å². The topological polar surface area (TPSA) is 108 Å². The van der Waals surface area contributed by atoms with Gasteiger partial charge >= 0.3 is 6.09 Å². The molecule has 3 rings (SSSR count). The van der Waals surface area contributed by atoms with E-state index in [2.05, 4.69) is 17.6 Å². The number of aromatic hydroxyl groups is 1. The van der Waals surface area contributed by atoms with Crippen molar-refractivity contribution >= 4 is 46.1 Å². The molecule has 0 bridgehead atoms. The Bertz CT molecular complexity index is 1370. The predicted octanol–water partition coefficient (Wildman–Crippen LogP) is 7.28. The van der Waals surface area contributed by atoms with Gasteiger partial charge in [0.05, 0.1) is 0 Å². The lowest BCUT2D eigenvalue weighted by atomic mass is 10.0. The minimum absolute atomic E-state index is 0.00907. The highest BCUT2D eigenvalue weighted by Crippen LogP contribution is 2.29. The van der Waals surface area contributed by atoms with Crippen LogP contribution in [0.25, 0.3) is 10.8 Å². The fraction of sp³-hybridized carbons (Fsp3) is 0.441. The molecule has 3 aromatic carbocycles. The van der Waals surface area contributed by atoms with Crippen LogP contribution in [0.15, 0.2) is 66.7 Å². The lowest BCUT2D eigenvalue weighted by Crippen LogP contribution is -2.52. The minimum atomic E-state index is -1.05. The van der Waals surface area contributed by atoms with Gasteiger partial charge in [-0.3, -0.25) is 9.59 Å². The van der Waals surface area contributed by atoms with Crippen LogP contribution in [-0.4, -0.2) is 58.1 Å². The molecule has 43 heavy (non-hydrogen) atoms. The second-order valence-corrected chi connectivity index (χ2v) is 12.6. The zero-order chi connectivity index (χ0) is 31.4. The molecule has 2 unspecified atom stereocenters. The molecule has 0 aromatic heterocycles. The summed E-state index contributed by atoms with van der Waals surface area (Å²) in [6.07, 6.45) is 5.19. The number of carbonyl (C=O) groups is 3. The van der Waals surface area contributed by atoms with E-state index in [1.54, 1.807) is 49.6 Å². The summed E-state index contributed by atoms with van der Waals surface area (Å²) in [6, 6.07) is 18.0. The molecular weight excluding hydrogens is 562 g/mol. The van der Waals surface area contributed by atoms with E-state index in [4.69, 9.17) is 4.74 Å². The molecule has 0 aliphatic rings. The van der Waals surface area contributed by atoms with Gasteiger partial charge in [-0.05, 0) is 86.2 Å². The van der Waals surface area contributed by atoms with E-state index in [1.165, 1.54) is 12.1 Å². The summed E-state index contributed by atoms with van der Waals surface area (Å²) in [6.45, 7) is 7.70. The molecule has 0 saturated carbocycles. The first-order valence-corrected chi connectivity index (χ1v) is 16.3. The van der Waals surface area contributed by atoms with Crippen LogP contribution in [-0.2, 0) is 14.3 Å². The maximum atomic E-state index is 14.3. The van der Waals surface area contributed by atoms with E-state index in [9.17, 15) is 19.5 Å². The third-order valence-electron chi connectivity index (χ3n) is 6.90. The molecular formula is C34H45N3O5S. The number of hydrogen-bond donors (Lipinski definition) is 3. The third kappa shape index (κ3) is 10.5. The Morgan fingerprint density at radius 1 is 0.953 bits per heavy atom. The quantitative estimate of drug-likeness (QED) is 0.166. The summed E-state index contributed by atoms with van der Waals surface area (Å²) in [5.41, 5.74) is 0.335. The van der Waals surface area contributed by atoms with E-state index < -0.39 is 29.7 Å². The van der Waals surface area contributed by atoms with Gasteiger partial charge in [-0.15, -0.1) is 0 Å². The zero-order valence-corrected chi connectivity index (χ0v) is 26.7. The molecule has 0 aliphatic carbocycles. The Labute approximate surface area is 259 Å². The molecule has 3 amide bonds. The third-order valence-corrected chi connectivity index (χ3v) is 7.54. The lowest BCUT2D eigenvalue weighted by molar-refractivity contribution is -0.141. The van der Waals surface area contributed by atoms with E-state index in [0.717, 1.165) is 30.0 Å². The molecule has 0 aliphatic heterocycles. The van der Waals surface area contributed by atoms with Gasteiger partial charge in [-0.1, -0.05) is 68.7 Å². The van der Waals surface area contributed by atoms with Crippen LogP contribution in [0.5, 0.6) is 5.75 Å². The number of phenols is 1. The monoisotopic (exact) mass is 607 g/mol. The van der Waals surface area contributed by atoms with Gasteiger partial charge < -0.3 is 25.4 Å². The van der Waals surface area contributed by atoms with Gasteiger partial charge in [0.2, 0.25) is 5.91 Å². The molecule has 0 fully saturated rings. The van der Waals surface area contributed by atoms with Gasteiger partial charge in [-0.2, -0.15) is 11.8 Å². The summed E-state index contributed by atoms with van der Waals surface area (Å²) in [7, 11) is 0. The number of hydrogen-bond acceptors (Lipinski definition) is 6. The molecule has 3 N–H and O–H groups in total. The highest BCUT2D eigenvalue weighted by molar-refractivity contribution is 7.98. The van der Waals surface area contributed by atoms with Crippen LogP contribution in [0.4, 0.5) is 10.5 Å². The molecule has 0 saturated heterocycles. The zero-order valence-electron chi connectivity index (χ0n) is 25.9. The Hall–Kier alpha value is -3.72. The molecule has 2 atom stereocenters. The highest BCUT2D eigenvalue weighted by Gasteiger charge is 2.36. The summed E-state index contributed by atoms with van der Waals surface area (Å²) in [5.74, 6) is -0.176. The van der Waals surface area contributed by atoms with E-state index >= 15 is 0 Å². The van der Waals surface area contributed by atoms with E-state index in [1.807, 2.05) is 48.7 Å². The molecule has 0 radical (unpaired) electrons. The number of nitrogens with zero attached hydrogens (tertiary/aromatic N) is 1. The van der Waals surface area contributed by atoms with Crippen molar-refractivity contribution < 1.29 is 24.2 Å². The van der Waals surface area contributed by atoms with Crippen LogP contribution in [0.1, 0.15) is 71.4 Å². The number of phenolic OH excluding ortho intramolecular Hbond substituents is 1. The molecule has 3 aromatic rings. The van der Waals surface area contributed by atoms with Gasteiger partial charge in [-0.25, -0.2) is 4.79 Å². The molecule has 9 heteroatoms. The number of benzene rings is 3. The molecule has 0 spiro atoms. The van der Waals surface area contributed by atoms with Gasteiger partial charge in [0.1, 0.15) is 23.4 Å². The number of thioether (sulfide) groups is 1. The van der Waals surface area contributed by atoms with Crippen molar-refractivity contribution in [1.82, 2.24) is 10.2 Å². The minimum Gasteiger partial charge on any atom is -0.508 e. The molecule has 232 valence electrons. The maximum absolute atomic E-state index is 14.3. The van der Waals surface area contributed by atoms with E-state index in [-0.39, 0.29) is 11.7 Å². The first-order chi connectivity index (χ1) is 20.5. The SMILES string of the molecule is CCCCCCN(C(=O)C(CCSC)NC(=O)OC(C)(C)C)C(C(=O)Nc1ccc2ccccc2c1)c1cccc(O)c1. The second-order valence-electron chi connectivity index (χ2n) is 11.6. The van der Waals surface area contributed by atoms with Crippen LogP contribution >= 0.6 is 11.8 Å². The second kappa shape index (κ2) is 16.2. The Morgan fingerprint density at radius 2 is 1.70 bits per heavy atom. The lowest BCUT2D eigenvalue weighted by Gasteiger charge is -2.34. The van der Waals surface area contributed by atoms with Gasteiger partial charge in [0.25, 0.3) is 5.91 Å². The summed E-state index contributed by atoms with van der Waals surface area (Å²) < 4.78 is 5.47. The van der Waals surface area contributed by atoms with Gasteiger partial charge in [0, 0.05) is 12.2 Å². The fourth-order valence-corrected chi connectivity index (χ4v) is 5.34. The maximum Gasteiger partial charge on any atom is 0.408 e. The first kappa shape index (κ1) is 33.8. The van der Waals surface area contributed by atoms with Crippen molar-refractivity contribution in [3.8, 4) is 5.75 Å². The number of anilines is 1. The van der Waals surface area contributed by atoms with Crippen molar-refractivity contribution in [1.29, 1.82) is 0 Å². The number of nitrogens with one attached hydrogen (secondary N) is 2. The van der Waals surface area contributed by atoms with E-state index in [0.29, 0.717) is 36.4 Å². The Balaban J connectivity index is 2.02. The van der Waals surface area contributed by atoms with Gasteiger partial charge in [0.15, 0.2) is 0 Å². The Morgan fingerprint density at radius 3 is 2.37 bits per heavy atom. The van der Waals surface area contributed by atoms with Crippen molar-refractivity contribution in [2.45, 2.75) is 77.5 Å². The number of rotatable bonds is 14. The molecule has 0 heterocycles. The largest absolute Gasteiger partial charge is 0.508 e. The van der Waals surface area contributed by atoms with Crippen molar-refractivity contribution in [3.63, 3.8) is 0 Å². The predicted molar refractivity (Wildman–Crippen MR) is 175 cm³/mol. The number of fused-ring (bicyclic) bond motifs is 1. The highest BCUT2D eigenvalue weighted by atomic mass is 32.2. The first-order valence-electron chi connectivity index (χ1n) is 14.9. The summed E-state index contributed by atoms with van der Waals surface area (Å²) in [4.78, 5) is 42.8. The standard InChI is InChI=1S/C34H45N3O5S/c1-6-7-8-11-20-37(32(40)29(19-21-43-5)36-33(41)42-34(2,3)4)30(26-15-12-16-28(38)23-26)31(39)35-27-18-17-24-13-9-10-14-25(24)22-27/h9-10,12-18,22-23,29-30,38H,6-8,11,19-21H2,1-5H3,(H,35,39)(H,36,41). The fourth-order valence-electron chi connectivity index (χ4n) is 4.86. The number of unbranched alkanes of at least 4 members (excludes halogenated alkanes) is 3. The number of ether oxygens (including phenoxy) is 1. The van der Waals surface area contributed by atoms with Crippen LogP contribution in [0.3, 0.4) is 0 Å². The Kier molecular flexibility index (Phi) is 12.7. The van der Waals surface area contributed by atoms with Crippen LogP contribution in [0.2, 0.25) is 0 Å². The number of amides is 3. The van der Waals surface area contributed by atoms with Crippen molar-refractivity contribution in [3.05, 3.63) is 72.3 Å². The number of carbonyl (C=O) groups excluding carboxylic acids is 3. The smallest absolute Gasteiger partial charge is 0.408 e. The number of alkyl carbamates (subject to hydrolysis) is 1. The normalized spacial score (nSPS) is 12.8. The summed E-state index contributed by atoms with van der Waals surface area (Å²) >= 11 is 1.56. The van der Waals surface area contributed by atoms with Crippen LogP contribution in [0, 0.1) is 0 Å². The average Bonchev–Trinajstić information content (AvgIpc) is 2.95.